The number of hydrogen-bond acceptors (Lipinski definition) is 5. The quantitative estimate of drug-likeness (QED) is 0.804. The zero-order valence-corrected chi connectivity index (χ0v) is 14.7. The third-order valence-electron chi connectivity index (χ3n) is 3.05. The summed E-state index contributed by atoms with van der Waals surface area (Å²) in [5.74, 6) is -1.79. The predicted molar refractivity (Wildman–Crippen MR) is 90.3 cm³/mol. The molecular weight excluding hydrogens is 342 g/mol. The Bertz CT molecular complexity index is 620. The van der Waals surface area contributed by atoms with Crippen LogP contribution in [0.5, 0.6) is 0 Å². The number of nitrogens with zero attached hydrogens (tertiary/aromatic N) is 1. The van der Waals surface area contributed by atoms with Crippen molar-refractivity contribution in [3.63, 3.8) is 0 Å². The average Bonchev–Trinajstić information content (AvgIpc) is 2.48. The maximum Gasteiger partial charge on any atom is 0.323 e. The number of carboxylic acid groups (broad SMARTS) is 1. The summed E-state index contributed by atoms with van der Waals surface area (Å²) in [6, 6.07) is 3.41. The van der Waals surface area contributed by atoms with Crippen molar-refractivity contribution in [2.45, 2.75) is 13.8 Å². The summed E-state index contributed by atoms with van der Waals surface area (Å²) < 4.78 is 4.69. The third kappa shape index (κ3) is 5.53. The van der Waals surface area contributed by atoms with E-state index in [1.165, 1.54) is 7.11 Å². The number of amides is 1. The molecular formula is C15H18ClNO5S. The van der Waals surface area contributed by atoms with E-state index in [2.05, 4.69) is 0 Å². The summed E-state index contributed by atoms with van der Waals surface area (Å²) in [5, 5.41) is 9.23. The molecule has 1 rings (SSSR count). The number of thioether (sulfide) groups is 1. The number of aryl methyl sites for hydroxylation is 1. The first kappa shape index (κ1) is 19.5. The highest BCUT2D eigenvalue weighted by atomic mass is 35.5. The molecule has 0 fully saturated rings. The minimum atomic E-state index is -1.15. The van der Waals surface area contributed by atoms with Crippen LogP contribution in [0.15, 0.2) is 12.1 Å². The fourth-order valence-electron chi connectivity index (χ4n) is 2.03. The fourth-order valence-corrected chi connectivity index (χ4v) is 2.83. The zero-order chi connectivity index (χ0) is 17.6. The van der Waals surface area contributed by atoms with E-state index in [1.54, 1.807) is 26.0 Å². The van der Waals surface area contributed by atoms with Gasteiger partial charge in [-0.1, -0.05) is 29.4 Å². The number of benzene rings is 1. The molecule has 6 nitrogen and oxygen atoms in total. The molecule has 23 heavy (non-hydrogen) atoms. The highest BCUT2D eigenvalue weighted by Crippen LogP contribution is 2.30. The molecule has 0 heterocycles. The van der Waals surface area contributed by atoms with E-state index in [0.29, 0.717) is 16.3 Å². The van der Waals surface area contributed by atoms with Crippen molar-refractivity contribution < 1.29 is 24.2 Å². The van der Waals surface area contributed by atoms with Gasteiger partial charge in [0.1, 0.15) is 13.2 Å². The number of carboxylic acids is 1. The number of carbonyl (C=O) groups is 3. The topological polar surface area (TPSA) is 83.9 Å². The average molecular weight is 360 g/mol. The number of halogens is 1. The van der Waals surface area contributed by atoms with Crippen LogP contribution in [-0.2, 0) is 19.1 Å². The van der Waals surface area contributed by atoms with E-state index < -0.39 is 18.4 Å². The van der Waals surface area contributed by atoms with Gasteiger partial charge in [0.25, 0.3) is 0 Å². The van der Waals surface area contributed by atoms with E-state index in [4.69, 9.17) is 21.4 Å². The minimum absolute atomic E-state index is 0.105. The van der Waals surface area contributed by atoms with E-state index in [1.807, 2.05) is 0 Å². The lowest BCUT2D eigenvalue weighted by atomic mass is 10.1. The van der Waals surface area contributed by atoms with Gasteiger partial charge in [0.2, 0.25) is 11.0 Å². The van der Waals surface area contributed by atoms with Gasteiger partial charge in [-0.15, -0.1) is 0 Å². The Morgan fingerprint density at radius 1 is 1.30 bits per heavy atom. The van der Waals surface area contributed by atoms with Gasteiger partial charge in [0.15, 0.2) is 0 Å². The first-order valence-electron chi connectivity index (χ1n) is 6.70. The maximum atomic E-state index is 12.4. The van der Waals surface area contributed by atoms with Gasteiger partial charge < -0.3 is 9.84 Å². The third-order valence-corrected chi connectivity index (χ3v) is 4.29. The molecule has 8 heteroatoms. The second kappa shape index (κ2) is 8.90. The molecule has 126 valence electrons. The highest BCUT2D eigenvalue weighted by Gasteiger charge is 2.23. The van der Waals surface area contributed by atoms with E-state index in [-0.39, 0.29) is 17.5 Å². The van der Waals surface area contributed by atoms with Crippen LogP contribution in [0, 0.1) is 13.8 Å². The molecule has 0 bridgehead atoms. The SMILES string of the molecule is COCC(=O)SCC(=O)N(CC(=O)O)c1c(C)ccc(Cl)c1C. The summed E-state index contributed by atoms with van der Waals surface area (Å²) in [7, 11) is 1.38. The van der Waals surface area contributed by atoms with Crippen molar-refractivity contribution in [3.8, 4) is 0 Å². The Balaban J connectivity index is 3.06. The van der Waals surface area contributed by atoms with Gasteiger partial charge in [0.05, 0.1) is 11.4 Å². The Labute approximate surface area is 143 Å². The number of anilines is 1. The van der Waals surface area contributed by atoms with Crippen LogP contribution in [-0.4, -0.2) is 48.1 Å². The summed E-state index contributed by atoms with van der Waals surface area (Å²) in [4.78, 5) is 36.1. The van der Waals surface area contributed by atoms with Gasteiger partial charge >= 0.3 is 5.97 Å². The van der Waals surface area contributed by atoms with Crippen LogP contribution < -0.4 is 4.90 Å². The molecule has 0 aliphatic rings. The van der Waals surface area contributed by atoms with E-state index in [0.717, 1.165) is 22.2 Å². The zero-order valence-electron chi connectivity index (χ0n) is 13.1. The second-order valence-corrected chi connectivity index (χ2v) is 6.25. The van der Waals surface area contributed by atoms with Gasteiger partial charge in [-0.05, 0) is 31.0 Å². The lowest BCUT2D eigenvalue weighted by Crippen LogP contribution is -2.38. The molecule has 0 saturated heterocycles. The first-order chi connectivity index (χ1) is 10.8. The van der Waals surface area contributed by atoms with Gasteiger partial charge in [-0.3, -0.25) is 19.3 Å². The van der Waals surface area contributed by atoms with E-state index >= 15 is 0 Å². The standard InChI is InChI=1S/C15H18ClNO5S/c1-9-4-5-11(16)10(2)15(9)17(6-13(19)20)12(18)8-23-14(21)7-22-3/h4-5H,6-8H2,1-3H3,(H,19,20). The van der Waals surface area contributed by atoms with Crippen LogP contribution in [0.25, 0.3) is 0 Å². The normalized spacial score (nSPS) is 10.4. The number of aliphatic carboxylic acids is 1. The molecule has 0 spiro atoms. The summed E-state index contributed by atoms with van der Waals surface area (Å²) in [6.07, 6.45) is 0. The van der Waals surface area contributed by atoms with Crippen molar-refractivity contribution in [1.82, 2.24) is 0 Å². The highest BCUT2D eigenvalue weighted by molar-refractivity contribution is 8.14. The summed E-state index contributed by atoms with van der Waals surface area (Å²) >= 11 is 6.87. The molecule has 0 radical (unpaired) electrons. The summed E-state index contributed by atoms with van der Waals surface area (Å²) in [5.41, 5.74) is 1.81. The van der Waals surface area contributed by atoms with Crippen LogP contribution in [0.1, 0.15) is 11.1 Å². The van der Waals surface area contributed by atoms with Crippen molar-refractivity contribution in [2.24, 2.45) is 0 Å². The van der Waals surface area contributed by atoms with Crippen molar-refractivity contribution in [3.05, 3.63) is 28.3 Å². The molecule has 0 aliphatic heterocycles. The Morgan fingerprint density at radius 3 is 2.52 bits per heavy atom. The first-order valence-corrected chi connectivity index (χ1v) is 8.06. The predicted octanol–water partition coefficient (Wildman–Crippen LogP) is 2.28. The van der Waals surface area contributed by atoms with E-state index in [9.17, 15) is 14.4 Å². The molecule has 0 atom stereocenters. The van der Waals surface area contributed by atoms with Gasteiger partial charge in [-0.2, -0.15) is 0 Å². The van der Waals surface area contributed by atoms with Crippen LogP contribution in [0.2, 0.25) is 5.02 Å². The molecule has 1 N–H and O–H groups in total. The monoisotopic (exact) mass is 359 g/mol. The second-order valence-electron chi connectivity index (χ2n) is 4.81. The number of hydrogen-bond donors (Lipinski definition) is 1. The number of carbonyl (C=O) groups excluding carboxylic acids is 2. The molecule has 1 amide bonds. The van der Waals surface area contributed by atoms with Crippen LogP contribution >= 0.6 is 23.4 Å². The fraction of sp³-hybridized carbons (Fsp3) is 0.400. The van der Waals surface area contributed by atoms with Crippen molar-refractivity contribution in [1.29, 1.82) is 0 Å². The molecule has 0 aromatic heterocycles. The largest absolute Gasteiger partial charge is 0.480 e. The minimum Gasteiger partial charge on any atom is -0.480 e. The number of rotatable bonds is 7. The summed E-state index contributed by atoms with van der Waals surface area (Å²) in [6.45, 7) is 2.88. The molecule has 1 aromatic rings. The van der Waals surface area contributed by atoms with Crippen LogP contribution in [0.4, 0.5) is 5.69 Å². The Hall–Kier alpha value is -1.57. The molecule has 0 aliphatic carbocycles. The Morgan fingerprint density at radius 2 is 1.96 bits per heavy atom. The van der Waals surface area contributed by atoms with Crippen molar-refractivity contribution in [2.75, 3.05) is 30.9 Å². The number of methoxy groups -OCH3 is 1. The lowest BCUT2D eigenvalue weighted by Gasteiger charge is -2.25. The van der Waals surface area contributed by atoms with Crippen molar-refractivity contribution >= 4 is 46.0 Å². The molecule has 1 aromatic carbocycles. The smallest absolute Gasteiger partial charge is 0.323 e. The van der Waals surface area contributed by atoms with Crippen LogP contribution in [0.3, 0.4) is 0 Å². The van der Waals surface area contributed by atoms with Gasteiger partial charge in [-0.25, -0.2) is 0 Å². The maximum absolute atomic E-state index is 12.4. The molecule has 0 unspecified atom stereocenters. The molecule has 0 saturated carbocycles. The Kier molecular flexibility index (Phi) is 7.54. The number of ether oxygens (including phenoxy) is 1. The lowest BCUT2D eigenvalue weighted by molar-refractivity contribution is -0.136. The van der Waals surface area contributed by atoms with Gasteiger partial charge in [0, 0.05) is 12.1 Å².